The van der Waals surface area contributed by atoms with Gasteiger partial charge in [0.15, 0.2) is 5.57 Å². The molecule has 0 saturated carbocycles. The van der Waals surface area contributed by atoms with E-state index in [1.165, 1.54) is 15.9 Å². The first-order valence-electron chi connectivity index (χ1n) is 8.99. The van der Waals surface area contributed by atoms with Crippen LogP contribution < -0.4 is 20.1 Å². The lowest BCUT2D eigenvalue weighted by Gasteiger charge is -2.07. The smallest absolute Gasteiger partial charge is 0.269 e. The number of hydrogen-bond acceptors (Lipinski definition) is 6. The van der Waals surface area contributed by atoms with Crippen molar-refractivity contribution in [2.75, 3.05) is 19.0 Å². The molecule has 154 valence electrons. The molecule has 0 spiro atoms. The van der Waals surface area contributed by atoms with Crippen LogP contribution in [-0.2, 0) is 16.1 Å². The zero-order valence-electron chi connectivity index (χ0n) is 16.1. The van der Waals surface area contributed by atoms with Crippen LogP contribution in [0.3, 0.4) is 0 Å². The highest BCUT2D eigenvalue weighted by atomic mass is 35.5. The summed E-state index contributed by atoms with van der Waals surface area (Å²) in [4.78, 5) is 26.8. The van der Waals surface area contributed by atoms with E-state index in [9.17, 15) is 14.9 Å². The molecule has 0 radical (unpaired) electrons. The highest BCUT2D eigenvalue weighted by Gasteiger charge is 2.17. The zero-order valence-corrected chi connectivity index (χ0v) is 18.4. The maximum atomic E-state index is 13.0. The summed E-state index contributed by atoms with van der Waals surface area (Å²) in [5, 5.41) is 14.7. The Hall–Kier alpha value is -2.70. The van der Waals surface area contributed by atoms with Gasteiger partial charge in [-0.05, 0) is 36.1 Å². The minimum Gasteiger partial charge on any atom is -0.385 e. The lowest BCUT2D eigenvalue weighted by atomic mass is 10.2. The molecule has 9 heteroatoms. The number of nitriles is 1. The van der Waals surface area contributed by atoms with Gasteiger partial charge >= 0.3 is 0 Å². The molecule has 1 aromatic carbocycles. The lowest BCUT2D eigenvalue weighted by molar-refractivity contribution is -0.111. The van der Waals surface area contributed by atoms with Crippen LogP contribution in [0, 0.1) is 11.3 Å². The number of halogens is 1. The average molecular weight is 460 g/mol. The quantitative estimate of drug-likeness (QED) is 0.550. The molecule has 0 fully saturated rings. The van der Waals surface area contributed by atoms with Gasteiger partial charge in [-0.25, -0.2) is 0 Å². The minimum absolute atomic E-state index is 0.139. The van der Waals surface area contributed by atoms with Gasteiger partial charge in [0.1, 0.15) is 10.7 Å². The first-order valence-corrected chi connectivity index (χ1v) is 11.1. The molecule has 6 nitrogen and oxygen atoms in total. The van der Waals surface area contributed by atoms with Crippen LogP contribution in [0.25, 0.3) is 11.6 Å². The van der Waals surface area contributed by atoms with Crippen LogP contribution in [0.2, 0.25) is 5.02 Å². The maximum Gasteiger partial charge on any atom is 0.269 e. The first-order chi connectivity index (χ1) is 14.5. The van der Waals surface area contributed by atoms with E-state index < -0.39 is 5.91 Å². The van der Waals surface area contributed by atoms with Crippen LogP contribution in [0.15, 0.2) is 46.6 Å². The molecule has 0 bridgehead atoms. The molecule has 0 unspecified atom stereocenters. The fraction of sp³-hybridized carbons (Fsp3) is 0.190. The van der Waals surface area contributed by atoms with Crippen LogP contribution >= 0.6 is 34.3 Å². The number of para-hydroxylation sites is 1. The van der Waals surface area contributed by atoms with Gasteiger partial charge in [0.2, 0.25) is 0 Å². The summed E-state index contributed by atoms with van der Waals surface area (Å²) in [5.41, 5.74) is 0.0187. The van der Waals surface area contributed by atoms with Crippen molar-refractivity contribution in [3.8, 4) is 6.07 Å². The van der Waals surface area contributed by atoms with Gasteiger partial charge in [-0.1, -0.05) is 29.8 Å². The number of nitrogens with zero attached hydrogens (tertiary/aromatic N) is 2. The SMILES string of the molecule is COCCCn1c(=O)/c(=C/c2cccs2)s/c1=C(\C#N)C(=O)Nc1ccccc1Cl. The third kappa shape index (κ3) is 5.07. The second-order valence-electron chi connectivity index (χ2n) is 6.16. The highest BCUT2D eigenvalue weighted by Crippen LogP contribution is 2.21. The maximum absolute atomic E-state index is 13.0. The van der Waals surface area contributed by atoms with Gasteiger partial charge < -0.3 is 10.1 Å². The summed E-state index contributed by atoms with van der Waals surface area (Å²) in [6.07, 6.45) is 2.35. The Morgan fingerprint density at radius 3 is 2.80 bits per heavy atom. The van der Waals surface area contributed by atoms with Crippen molar-refractivity contribution < 1.29 is 9.53 Å². The largest absolute Gasteiger partial charge is 0.385 e. The molecule has 0 aliphatic heterocycles. The summed E-state index contributed by atoms with van der Waals surface area (Å²) in [6, 6.07) is 12.5. The van der Waals surface area contributed by atoms with Gasteiger partial charge in [-0.3, -0.25) is 14.2 Å². The number of thiophene rings is 1. The number of anilines is 1. The number of thiazole rings is 1. The number of aromatic nitrogens is 1. The number of hydrogen-bond donors (Lipinski definition) is 1. The van der Waals surface area contributed by atoms with E-state index in [4.69, 9.17) is 16.3 Å². The summed E-state index contributed by atoms with van der Waals surface area (Å²) in [5.74, 6) is -0.616. The van der Waals surface area contributed by atoms with Gasteiger partial charge in [0.25, 0.3) is 11.5 Å². The van der Waals surface area contributed by atoms with Gasteiger partial charge in [-0.2, -0.15) is 5.26 Å². The van der Waals surface area contributed by atoms with Crippen molar-refractivity contribution in [1.82, 2.24) is 4.57 Å². The third-order valence-corrected chi connectivity index (χ3v) is 6.41. The minimum atomic E-state index is -0.616. The second kappa shape index (κ2) is 10.4. The summed E-state index contributed by atoms with van der Waals surface area (Å²) in [7, 11) is 1.58. The summed E-state index contributed by atoms with van der Waals surface area (Å²) < 4.78 is 7.32. The van der Waals surface area contributed by atoms with Crippen molar-refractivity contribution in [2.45, 2.75) is 13.0 Å². The van der Waals surface area contributed by atoms with Gasteiger partial charge in [0.05, 0.1) is 15.2 Å². The van der Waals surface area contributed by atoms with Crippen LogP contribution in [0.5, 0.6) is 0 Å². The van der Waals surface area contributed by atoms with Crippen molar-refractivity contribution in [3.05, 3.63) is 71.2 Å². The fourth-order valence-corrected chi connectivity index (χ4v) is 4.75. The predicted octanol–water partition coefficient (Wildman–Crippen LogP) is 2.80. The van der Waals surface area contributed by atoms with E-state index in [0.29, 0.717) is 39.5 Å². The van der Waals surface area contributed by atoms with Crippen molar-refractivity contribution in [1.29, 1.82) is 5.26 Å². The number of nitrogens with one attached hydrogen (secondary N) is 1. The molecular formula is C21H18ClN3O3S2. The topological polar surface area (TPSA) is 84.1 Å². The van der Waals surface area contributed by atoms with Crippen molar-refractivity contribution in [3.63, 3.8) is 0 Å². The van der Waals surface area contributed by atoms with E-state index in [1.807, 2.05) is 23.6 Å². The molecule has 3 rings (SSSR count). The van der Waals surface area contributed by atoms with E-state index in [0.717, 1.165) is 16.2 Å². The number of benzene rings is 1. The Morgan fingerprint density at radius 1 is 1.33 bits per heavy atom. The van der Waals surface area contributed by atoms with Crippen molar-refractivity contribution >= 4 is 57.5 Å². The molecular weight excluding hydrogens is 442 g/mol. The average Bonchev–Trinajstić information content (AvgIpc) is 3.34. The summed E-state index contributed by atoms with van der Waals surface area (Å²) in [6.45, 7) is 0.792. The van der Waals surface area contributed by atoms with Gasteiger partial charge in [0, 0.05) is 25.1 Å². The zero-order chi connectivity index (χ0) is 21.5. The number of rotatable bonds is 7. The molecule has 0 saturated heterocycles. The molecule has 30 heavy (non-hydrogen) atoms. The Kier molecular flexibility index (Phi) is 7.60. The second-order valence-corrected chi connectivity index (χ2v) is 8.57. The number of carbonyl (C=O) groups excluding carboxylic acids is 1. The Balaban J connectivity index is 2.13. The van der Waals surface area contributed by atoms with E-state index >= 15 is 0 Å². The van der Waals surface area contributed by atoms with Crippen LogP contribution in [0.4, 0.5) is 5.69 Å². The normalized spacial score (nSPS) is 12.5. The molecule has 0 aliphatic carbocycles. The third-order valence-electron chi connectivity index (χ3n) is 4.13. The first kappa shape index (κ1) is 22.0. The molecule has 3 aromatic rings. The van der Waals surface area contributed by atoms with Crippen molar-refractivity contribution in [2.24, 2.45) is 0 Å². The van der Waals surface area contributed by atoms with Crippen LogP contribution in [0.1, 0.15) is 11.3 Å². The lowest BCUT2D eigenvalue weighted by Crippen LogP contribution is -2.34. The molecule has 0 aliphatic rings. The summed E-state index contributed by atoms with van der Waals surface area (Å²) >= 11 is 8.74. The van der Waals surface area contributed by atoms with Gasteiger partial charge in [-0.15, -0.1) is 22.7 Å². The molecule has 1 amide bonds. The molecule has 1 N–H and O–H groups in total. The monoisotopic (exact) mass is 459 g/mol. The Labute approximate surface area is 185 Å². The molecule has 0 atom stereocenters. The fourth-order valence-electron chi connectivity index (χ4n) is 2.72. The van der Waals surface area contributed by atoms with E-state index in [1.54, 1.807) is 37.5 Å². The molecule has 2 aromatic heterocycles. The number of carbonyl (C=O) groups is 1. The molecule has 2 heterocycles. The number of methoxy groups -OCH3 is 1. The Bertz CT molecular complexity index is 1250. The predicted molar refractivity (Wildman–Crippen MR) is 121 cm³/mol. The van der Waals surface area contributed by atoms with E-state index in [2.05, 4.69) is 5.32 Å². The number of ether oxygens (including phenoxy) is 1. The highest BCUT2D eigenvalue weighted by molar-refractivity contribution is 7.11. The Morgan fingerprint density at radius 2 is 2.13 bits per heavy atom. The van der Waals surface area contributed by atoms with E-state index in [-0.39, 0.29) is 11.1 Å². The van der Waals surface area contributed by atoms with Crippen LogP contribution in [-0.4, -0.2) is 24.2 Å². The number of amides is 1. The standard InChI is InChI=1S/C21H18ClN3O3S2/c1-28-10-5-9-25-20(27)18(12-14-6-4-11-29-14)30-21(25)15(13-23)19(26)24-17-8-3-2-7-16(17)22/h2-4,6-8,11-12H,5,9-10H2,1H3,(H,24,26)/b18-12-,21-15+.